The number of ether oxygens (including phenoxy) is 3. The van der Waals surface area contributed by atoms with Crippen molar-refractivity contribution in [2.45, 2.75) is 39.5 Å². The van der Waals surface area contributed by atoms with Gasteiger partial charge in [0.2, 0.25) is 0 Å². The third-order valence-electron chi connectivity index (χ3n) is 2.76. The Morgan fingerprint density at radius 3 is 2.45 bits per heavy atom. The Kier molecular flexibility index (Phi) is 6.31. The summed E-state index contributed by atoms with van der Waals surface area (Å²) < 4.78 is 15.6. The quantitative estimate of drug-likeness (QED) is 0.776. The fourth-order valence-corrected chi connectivity index (χ4v) is 1.70. The van der Waals surface area contributed by atoms with Crippen LogP contribution in [-0.4, -0.2) is 32.3 Å². The van der Waals surface area contributed by atoms with Crippen LogP contribution in [0.4, 0.5) is 0 Å². The molecular weight excluding hydrogens is 258 g/mol. The highest BCUT2D eigenvalue weighted by molar-refractivity contribution is 5.75. The highest BCUT2D eigenvalue weighted by Crippen LogP contribution is 2.28. The van der Waals surface area contributed by atoms with Crippen molar-refractivity contribution in [3.05, 3.63) is 23.8 Å². The molecule has 5 nitrogen and oxygen atoms in total. The summed E-state index contributed by atoms with van der Waals surface area (Å²) in [6.45, 7) is 6.24. The van der Waals surface area contributed by atoms with Crippen LogP contribution in [0.5, 0.6) is 11.5 Å². The van der Waals surface area contributed by atoms with Crippen molar-refractivity contribution in [2.75, 3.05) is 14.2 Å². The molecule has 0 bridgehead atoms. The Labute approximate surface area is 120 Å². The first-order valence-corrected chi connectivity index (χ1v) is 6.62. The Morgan fingerprint density at radius 1 is 1.20 bits per heavy atom. The molecule has 0 aliphatic heterocycles. The van der Waals surface area contributed by atoms with E-state index < -0.39 is 0 Å². The minimum absolute atomic E-state index is 0.0900. The number of carbonyl (C=O) groups is 1. The Bertz CT molecular complexity index is 445. The van der Waals surface area contributed by atoms with Gasteiger partial charge in [0.15, 0.2) is 11.5 Å². The first-order chi connectivity index (χ1) is 9.47. The number of hydrogen-bond donors (Lipinski definition) is 1. The van der Waals surface area contributed by atoms with Gasteiger partial charge >= 0.3 is 5.97 Å². The van der Waals surface area contributed by atoms with E-state index >= 15 is 0 Å². The normalized spacial score (nSPS) is 12.1. The lowest BCUT2D eigenvalue weighted by Gasteiger charge is -2.15. The van der Waals surface area contributed by atoms with Gasteiger partial charge in [-0.05, 0) is 38.5 Å². The smallest absolute Gasteiger partial charge is 0.322 e. The molecule has 1 N–H and O–H groups in total. The average Bonchev–Trinajstić information content (AvgIpc) is 2.44. The fourth-order valence-electron chi connectivity index (χ4n) is 1.70. The lowest BCUT2D eigenvalue weighted by molar-refractivity contribution is -0.142. The van der Waals surface area contributed by atoms with E-state index in [1.165, 1.54) is 7.11 Å². The SMILES string of the molecule is COC(=O)C(C)NCc1ccc(OC(C)C)c(OC)c1. The van der Waals surface area contributed by atoms with Crippen molar-refractivity contribution in [3.63, 3.8) is 0 Å². The summed E-state index contributed by atoms with van der Waals surface area (Å²) in [5.74, 6) is 1.12. The highest BCUT2D eigenvalue weighted by atomic mass is 16.5. The van der Waals surface area contributed by atoms with Gasteiger partial charge in [-0.25, -0.2) is 0 Å². The predicted molar refractivity (Wildman–Crippen MR) is 77.1 cm³/mol. The molecule has 1 aromatic carbocycles. The second-order valence-electron chi connectivity index (χ2n) is 4.78. The number of hydrogen-bond acceptors (Lipinski definition) is 5. The maximum atomic E-state index is 11.3. The van der Waals surface area contributed by atoms with Crippen molar-refractivity contribution in [1.29, 1.82) is 0 Å². The van der Waals surface area contributed by atoms with Crippen LogP contribution in [0.25, 0.3) is 0 Å². The van der Waals surface area contributed by atoms with E-state index in [0.29, 0.717) is 18.0 Å². The molecular formula is C15H23NO4. The van der Waals surface area contributed by atoms with E-state index in [9.17, 15) is 4.79 Å². The molecule has 5 heteroatoms. The number of rotatable bonds is 7. The topological polar surface area (TPSA) is 56.8 Å². The molecule has 0 heterocycles. The summed E-state index contributed by atoms with van der Waals surface area (Å²) >= 11 is 0. The minimum atomic E-state index is -0.349. The molecule has 0 aliphatic rings. The highest BCUT2D eigenvalue weighted by Gasteiger charge is 2.13. The molecule has 1 atom stereocenters. The molecule has 1 aromatic rings. The predicted octanol–water partition coefficient (Wildman–Crippen LogP) is 2.13. The molecule has 0 aromatic heterocycles. The van der Waals surface area contributed by atoms with Crippen LogP contribution in [-0.2, 0) is 16.1 Å². The lowest BCUT2D eigenvalue weighted by Crippen LogP contribution is -2.34. The van der Waals surface area contributed by atoms with Crippen LogP contribution in [0.1, 0.15) is 26.3 Å². The molecule has 0 radical (unpaired) electrons. The van der Waals surface area contributed by atoms with Crippen LogP contribution in [0.2, 0.25) is 0 Å². The van der Waals surface area contributed by atoms with Crippen molar-refractivity contribution in [3.8, 4) is 11.5 Å². The van der Waals surface area contributed by atoms with E-state index in [2.05, 4.69) is 10.1 Å². The largest absolute Gasteiger partial charge is 0.493 e. The summed E-state index contributed by atoms with van der Waals surface area (Å²) in [5, 5.41) is 3.09. The zero-order valence-corrected chi connectivity index (χ0v) is 12.7. The summed E-state index contributed by atoms with van der Waals surface area (Å²) in [6.07, 6.45) is 0.0900. The van der Waals surface area contributed by atoms with Crippen LogP contribution < -0.4 is 14.8 Å². The van der Waals surface area contributed by atoms with E-state index in [4.69, 9.17) is 9.47 Å². The summed E-state index contributed by atoms with van der Waals surface area (Å²) in [4.78, 5) is 11.3. The molecule has 20 heavy (non-hydrogen) atoms. The van der Waals surface area contributed by atoms with E-state index in [1.807, 2.05) is 32.0 Å². The number of esters is 1. The molecule has 0 saturated heterocycles. The third-order valence-corrected chi connectivity index (χ3v) is 2.76. The lowest BCUT2D eigenvalue weighted by atomic mass is 10.2. The number of nitrogens with one attached hydrogen (secondary N) is 1. The van der Waals surface area contributed by atoms with Crippen molar-refractivity contribution in [2.24, 2.45) is 0 Å². The van der Waals surface area contributed by atoms with Crippen molar-refractivity contribution >= 4 is 5.97 Å². The fraction of sp³-hybridized carbons (Fsp3) is 0.533. The molecule has 0 fully saturated rings. The van der Waals surface area contributed by atoms with Gasteiger partial charge in [0.05, 0.1) is 20.3 Å². The molecule has 1 rings (SSSR count). The molecule has 1 unspecified atom stereocenters. The first kappa shape index (κ1) is 16.3. The zero-order chi connectivity index (χ0) is 15.1. The zero-order valence-electron chi connectivity index (χ0n) is 12.7. The average molecular weight is 281 g/mol. The maximum absolute atomic E-state index is 11.3. The van der Waals surface area contributed by atoms with E-state index in [-0.39, 0.29) is 18.1 Å². The van der Waals surface area contributed by atoms with E-state index in [0.717, 1.165) is 5.56 Å². The molecule has 0 aliphatic carbocycles. The Hall–Kier alpha value is -1.75. The summed E-state index contributed by atoms with van der Waals surface area (Å²) in [5.41, 5.74) is 1.01. The second-order valence-corrected chi connectivity index (χ2v) is 4.78. The number of benzene rings is 1. The third kappa shape index (κ3) is 4.74. The molecule has 0 amide bonds. The number of methoxy groups -OCH3 is 2. The Morgan fingerprint density at radius 2 is 1.90 bits per heavy atom. The second kappa shape index (κ2) is 7.75. The van der Waals surface area contributed by atoms with Gasteiger partial charge < -0.3 is 19.5 Å². The van der Waals surface area contributed by atoms with Gasteiger partial charge in [0, 0.05) is 6.54 Å². The van der Waals surface area contributed by atoms with Crippen molar-refractivity contribution in [1.82, 2.24) is 5.32 Å². The Balaban J connectivity index is 2.70. The number of carbonyl (C=O) groups excluding carboxylic acids is 1. The standard InChI is InChI=1S/C15H23NO4/c1-10(2)20-13-7-6-12(8-14(13)18-4)9-16-11(3)15(17)19-5/h6-8,10-11,16H,9H2,1-5H3. The molecule has 0 saturated carbocycles. The van der Waals surface area contributed by atoms with Gasteiger partial charge in [-0.2, -0.15) is 0 Å². The van der Waals surface area contributed by atoms with Crippen LogP contribution in [0, 0.1) is 0 Å². The van der Waals surface area contributed by atoms with Crippen LogP contribution in [0.3, 0.4) is 0 Å². The monoisotopic (exact) mass is 281 g/mol. The first-order valence-electron chi connectivity index (χ1n) is 6.62. The molecule has 0 spiro atoms. The minimum Gasteiger partial charge on any atom is -0.493 e. The van der Waals surface area contributed by atoms with Crippen molar-refractivity contribution < 1.29 is 19.0 Å². The summed E-state index contributed by atoms with van der Waals surface area (Å²) in [6, 6.07) is 5.36. The van der Waals surface area contributed by atoms with Gasteiger partial charge in [-0.3, -0.25) is 4.79 Å². The summed E-state index contributed by atoms with van der Waals surface area (Å²) in [7, 11) is 2.98. The van der Waals surface area contributed by atoms with Gasteiger partial charge in [-0.1, -0.05) is 6.07 Å². The molecule has 112 valence electrons. The van der Waals surface area contributed by atoms with Gasteiger partial charge in [-0.15, -0.1) is 0 Å². The van der Waals surface area contributed by atoms with Crippen LogP contribution >= 0.6 is 0 Å². The van der Waals surface area contributed by atoms with Gasteiger partial charge in [0.25, 0.3) is 0 Å². The van der Waals surface area contributed by atoms with E-state index in [1.54, 1.807) is 14.0 Å². The van der Waals surface area contributed by atoms with Gasteiger partial charge in [0.1, 0.15) is 6.04 Å². The van der Waals surface area contributed by atoms with Crippen LogP contribution in [0.15, 0.2) is 18.2 Å². The maximum Gasteiger partial charge on any atom is 0.322 e.